The van der Waals surface area contributed by atoms with Crippen molar-refractivity contribution in [3.63, 3.8) is 0 Å². The minimum atomic E-state index is -0.359. The van der Waals surface area contributed by atoms with E-state index in [1.165, 1.54) is 30.0 Å². The Labute approximate surface area is 241 Å². The Balaban J connectivity index is 1.40. The van der Waals surface area contributed by atoms with Gasteiger partial charge in [-0.25, -0.2) is 10.4 Å². The van der Waals surface area contributed by atoms with E-state index in [2.05, 4.69) is 26.5 Å². The smallest absolute Gasteiger partial charge is 0.267 e. The number of hydrazone groups is 1. The van der Waals surface area contributed by atoms with E-state index in [-0.39, 0.29) is 28.7 Å². The largest absolute Gasteiger partial charge is 0.503 e. The second-order valence-corrected chi connectivity index (χ2v) is 11.6. The third-order valence-corrected chi connectivity index (χ3v) is 9.02. The van der Waals surface area contributed by atoms with E-state index in [1.807, 2.05) is 12.1 Å². The van der Waals surface area contributed by atoms with Crippen LogP contribution in [0.3, 0.4) is 0 Å². The van der Waals surface area contributed by atoms with Crippen molar-refractivity contribution in [2.45, 2.75) is 30.8 Å². The first kappa shape index (κ1) is 27.2. The van der Waals surface area contributed by atoms with Gasteiger partial charge in [-0.05, 0) is 89.1 Å². The van der Waals surface area contributed by atoms with E-state index < -0.39 is 0 Å². The van der Waals surface area contributed by atoms with Crippen LogP contribution in [-0.2, 0) is 17.6 Å². The van der Waals surface area contributed by atoms with E-state index in [0.29, 0.717) is 36.8 Å². The number of thiophene rings is 1. The molecular weight excluding hydrogens is 604 g/mol. The molecule has 0 bridgehead atoms. The first-order valence-corrected chi connectivity index (χ1v) is 14.7. The SMILES string of the molecule is COc1ccc(-n2c(SCC(=O)NN=Cc3cc(Br)c(O)c(OC)c3)nc3sc4c(c3c2=O)CCCC4)cc1. The maximum absolute atomic E-state index is 13.8. The zero-order valence-electron chi connectivity index (χ0n) is 21.2. The van der Waals surface area contributed by atoms with Crippen molar-refractivity contribution in [2.75, 3.05) is 20.0 Å². The Bertz CT molecular complexity index is 1630. The summed E-state index contributed by atoms with van der Waals surface area (Å²) < 4.78 is 12.4. The highest BCUT2D eigenvalue weighted by Crippen LogP contribution is 2.36. The van der Waals surface area contributed by atoms with Gasteiger partial charge in [0.2, 0.25) is 0 Å². The minimum absolute atomic E-state index is 0.000869. The monoisotopic (exact) mass is 628 g/mol. The molecule has 2 aromatic carbocycles. The number of ether oxygens (including phenoxy) is 2. The number of aromatic hydroxyl groups is 1. The van der Waals surface area contributed by atoms with Gasteiger partial charge in [-0.1, -0.05) is 11.8 Å². The fourth-order valence-electron chi connectivity index (χ4n) is 4.41. The van der Waals surface area contributed by atoms with Crippen molar-refractivity contribution in [1.82, 2.24) is 15.0 Å². The third-order valence-electron chi connectivity index (χ3n) is 6.29. The van der Waals surface area contributed by atoms with Gasteiger partial charge in [0.05, 0.1) is 41.7 Å². The van der Waals surface area contributed by atoms with Gasteiger partial charge in [0.25, 0.3) is 11.5 Å². The average Bonchev–Trinajstić information content (AvgIpc) is 3.32. The fraction of sp³-hybridized carbons (Fsp3) is 0.259. The van der Waals surface area contributed by atoms with Gasteiger partial charge < -0.3 is 14.6 Å². The highest BCUT2D eigenvalue weighted by molar-refractivity contribution is 9.10. The number of aryl methyl sites for hydroxylation is 2. The lowest BCUT2D eigenvalue weighted by atomic mass is 9.97. The van der Waals surface area contributed by atoms with Crippen molar-refractivity contribution in [1.29, 1.82) is 0 Å². The predicted molar refractivity (Wildman–Crippen MR) is 157 cm³/mol. The maximum Gasteiger partial charge on any atom is 0.267 e. The van der Waals surface area contributed by atoms with Crippen LogP contribution in [0, 0.1) is 0 Å². The zero-order valence-corrected chi connectivity index (χ0v) is 24.4. The number of thioether (sulfide) groups is 1. The van der Waals surface area contributed by atoms with Gasteiger partial charge in [-0.2, -0.15) is 5.10 Å². The first-order valence-electron chi connectivity index (χ1n) is 12.1. The van der Waals surface area contributed by atoms with E-state index in [4.69, 9.17) is 14.5 Å². The van der Waals surface area contributed by atoms with Gasteiger partial charge in [0, 0.05) is 4.88 Å². The summed E-state index contributed by atoms with van der Waals surface area (Å²) in [6, 6.07) is 10.5. The summed E-state index contributed by atoms with van der Waals surface area (Å²) >= 11 is 6.01. The molecule has 202 valence electrons. The van der Waals surface area contributed by atoms with Gasteiger partial charge in [-0.15, -0.1) is 11.3 Å². The second kappa shape index (κ2) is 11.8. The number of amides is 1. The van der Waals surface area contributed by atoms with Crippen molar-refractivity contribution >= 4 is 61.4 Å². The summed E-state index contributed by atoms with van der Waals surface area (Å²) in [6.07, 6.45) is 5.47. The molecule has 0 saturated heterocycles. The molecule has 0 unspecified atom stereocenters. The van der Waals surface area contributed by atoms with Crippen LogP contribution in [0.5, 0.6) is 17.2 Å². The lowest BCUT2D eigenvalue weighted by Gasteiger charge is -2.14. The number of halogens is 1. The number of nitrogens with zero attached hydrogens (tertiary/aromatic N) is 3. The first-order chi connectivity index (χ1) is 18.9. The van der Waals surface area contributed by atoms with Gasteiger partial charge in [-0.3, -0.25) is 14.2 Å². The number of phenolic OH excluding ortho intramolecular Hbond substituents is 1. The lowest BCUT2D eigenvalue weighted by Crippen LogP contribution is -2.24. The molecule has 4 aromatic rings. The molecule has 0 aliphatic heterocycles. The molecule has 5 rings (SSSR count). The van der Waals surface area contributed by atoms with E-state index in [9.17, 15) is 14.7 Å². The number of nitrogens with one attached hydrogen (secondary N) is 1. The molecule has 1 aliphatic rings. The molecular formula is C27H25BrN4O5S2. The minimum Gasteiger partial charge on any atom is -0.503 e. The van der Waals surface area contributed by atoms with Crippen molar-refractivity contribution in [3.05, 3.63) is 67.2 Å². The molecule has 2 heterocycles. The van der Waals surface area contributed by atoms with E-state index in [1.54, 1.807) is 47.3 Å². The second-order valence-electron chi connectivity index (χ2n) is 8.76. The molecule has 0 radical (unpaired) electrons. The number of hydrogen-bond acceptors (Lipinski definition) is 9. The lowest BCUT2D eigenvalue weighted by molar-refractivity contribution is -0.118. The standard InChI is InChI=1S/C27H25BrN4O5S2/c1-36-17-9-7-16(8-10-17)32-26(35)23-18-5-3-4-6-21(18)39-25(23)30-27(32)38-14-22(33)31-29-13-15-11-19(28)24(34)20(12-15)37-2/h7-13,34H,3-6,14H2,1-2H3,(H,31,33). The molecule has 9 nitrogen and oxygen atoms in total. The Morgan fingerprint density at radius 1 is 1.23 bits per heavy atom. The number of carbonyl (C=O) groups is 1. The van der Waals surface area contributed by atoms with Crippen molar-refractivity contribution in [2.24, 2.45) is 5.10 Å². The van der Waals surface area contributed by atoms with Crippen LogP contribution in [0.15, 0.2) is 55.9 Å². The molecule has 0 atom stereocenters. The van der Waals surface area contributed by atoms with E-state index >= 15 is 0 Å². The number of fused-ring (bicyclic) bond motifs is 3. The van der Waals surface area contributed by atoms with Gasteiger partial charge >= 0.3 is 0 Å². The Kier molecular flexibility index (Phi) is 8.24. The molecule has 0 saturated carbocycles. The van der Waals surface area contributed by atoms with Crippen LogP contribution in [-0.4, -0.2) is 46.8 Å². The summed E-state index contributed by atoms with van der Waals surface area (Å²) in [5, 5.41) is 15.1. The third kappa shape index (κ3) is 5.68. The van der Waals surface area contributed by atoms with Gasteiger partial charge in [0.15, 0.2) is 16.7 Å². The Morgan fingerprint density at radius 3 is 2.74 bits per heavy atom. The van der Waals surface area contributed by atoms with Crippen molar-refractivity contribution in [3.8, 4) is 22.9 Å². The number of methoxy groups -OCH3 is 2. The molecule has 12 heteroatoms. The van der Waals surface area contributed by atoms with Crippen molar-refractivity contribution < 1.29 is 19.4 Å². The van der Waals surface area contributed by atoms with Gasteiger partial charge in [0.1, 0.15) is 10.6 Å². The van der Waals surface area contributed by atoms with Crippen LogP contribution in [0.4, 0.5) is 0 Å². The molecule has 1 amide bonds. The number of benzene rings is 2. The number of rotatable bonds is 8. The normalized spacial score (nSPS) is 13.0. The molecule has 0 spiro atoms. The summed E-state index contributed by atoms with van der Waals surface area (Å²) in [6.45, 7) is 0. The zero-order chi connectivity index (χ0) is 27.5. The number of aromatic nitrogens is 2. The quantitative estimate of drug-likeness (QED) is 0.121. The molecule has 2 aromatic heterocycles. The van der Waals surface area contributed by atoms with Crippen LogP contribution in [0.2, 0.25) is 0 Å². The Morgan fingerprint density at radius 2 is 2.00 bits per heavy atom. The predicted octanol–water partition coefficient (Wildman–Crippen LogP) is 5.05. The molecule has 1 aliphatic carbocycles. The summed E-state index contributed by atoms with van der Waals surface area (Å²) in [7, 11) is 3.04. The average molecular weight is 630 g/mol. The molecule has 2 N–H and O–H groups in total. The number of hydrogen-bond donors (Lipinski definition) is 2. The highest BCUT2D eigenvalue weighted by Gasteiger charge is 2.23. The Hall–Kier alpha value is -3.35. The van der Waals surface area contributed by atoms with Crippen LogP contribution < -0.4 is 20.5 Å². The maximum atomic E-state index is 13.8. The highest BCUT2D eigenvalue weighted by atomic mass is 79.9. The van der Waals surface area contributed by atoms with E-state index in [0.717, 1.165) is 31.2 Å². The summed E-state index contributed by atoms with van der Waals surface area (Å²) in [4.78, 5) is 33.3. The fourth-order valence-corrected chi connectivity index (χ4v) is 6.97. The number of carbonyl (C=O) groups excluding carboxylic acids is 1. The van der Waals surface area contributed by atoms with Crippen LogP contribution in [0.1, 0.15) is 28.8 Å². The molecule has 0 fully saturated rings. The summed E-state index contributed by atoms with van der Waals surface area (Å²) in [5.74, 6) is 0.578. The topological polar surface area (TPSA) is 115 Å². The van der Waals surface area contributed by atoms with Crippen LogP contribution in [0.25, 0.3) is 15.9 Å². The molecule has 39 heavy (non-hydrogen) atoms. The number of phenols is 1. The summed E-state index contributed by atoms with van der Waals surface area (Å²) in [5.41, 5.74) is 4.76. The van der Waals surface area contributed by atoms with Crippen LogP contribution >= 0.6 is 39.0 Å².